The van der Waals surface area contributed by atoms with Crippen LogP contribution in [0.15, 0.2) is 18.3 Å². The molecule has 114 valence electrons. The highest BCUT2D eigenvalue weighted by molar-refractivity contribution is 5.37. The van der Waals surface area contributed by atoms with Crippen molar-refractivity contribution in [3.8, 4) is 0 Å². The first-order valence-electron chi connectivity index (χ1n) is 8.21. The Labute approximate surface area is 124 Å². The fraction of sp³-hybridized carbons (Fsp3) is 0.706. The van der Waals surface area contributed by atoms with E-state index in [1.165, 1.54) is 44.3 Å². The van der Waals surface area contributed by atoms with Gasteiger partial charge in [0.15, 0.2) is 0 Å². The first-order chi connectivity index (χ1) is 9.80. The molecular formula is C17H31N3. The molecule has 1 heterocycles. The van der Waals surface area contributed by atoms with E-state index in [4.69, 9.17) is 0 Å². The van der Waals surface area contributed by atoms with Crippen molar-refractivity contribution in [1.29, 1.82) is 0 Å². The Balaban J connectivity index is 2.56. The van der Waals surface area contributed by atoms with Crippen molar-refractivity contribution in [2.45, 2.75) is 59.4 Å². The van der Waals surface area contributed by atoms with Gasteiger partial charge in [0.1, 0.15) is 5.82 Å². The first-order valence-corrected chi connectivity index (χ1v) is 8.21. The fourth-order valence-electron chi connectivity index (χ4n) is 2.21. The van der Waals surface area contributed by atoms with Gasteiger partial charge in [0.25, 0.3) is 0 Å². The van der Waals surface area contributed by atoms with Gasteiger partial charge in [0.2, 0.25) is 0 Å². The van der Waals surface area contributed by atoms with E-state index in [-0.39, 0.29) is 0 Å². The summed E-state index contributed by atoms with van der Waals surface area (Å²) in [7, 11) is 0. The molecule has 0 saturated carbocycles. The van der Waals surface area contributed by atoms with Crippen LogP contribution in [0.25, 0.3) is 0 Å². The predicted molar refractivity (Wildman–Crippen MR) is 88.1 cm³/mol. The smallest absolute Gasteiger partial charge is 0.126 e. The van der Waals surface area contributed by atoms with Crippen LogP contribution >= 0.6 is 0 Å². The number of nitrogens with one attached hydrogen (secondary N) is 1. The lowest BCUT2D eigenvalue weighted by molar-refractivity contribution is 0.257. The molecule has 1 rings (SSSR count). The molecule has 0 unspecified atom stereocenters. The zero-order valence-corrected chi connectivity index (χ0v) is 13.5. The molecule has 20 heavy (non-hydrogen) atoms. The minimum absolute atomic E-state index is 0.992. The van der Waals surface area contributed by atoms with Crippen molar-refractivity contribution in [3.63, 3.8) is 0 Å². The van der Waals surface area contributed by atoms with Crippen LogP contribution in [0, 0.1) is 0 Å². The highest BCUT2D eigenvalue weighted by Crippen LogP contribution is 2.11. The first kappa shape index (κ1) is 17.0. The SMILES string of the molecule is CCCCN(CCCC)Cc1ccnc(NCCC)c1. The summed E-state index contributed by atoms with van der Waals surface area (Å²) in [6.45, 7) is 11.1. The molecular weight excluding hydrogens is 246 g/mol. The molecule has 1 N–H and O–H groups in total. The maximum atomic E-state index is 4.38. The zero-order chi connectivity index (χ0) is 14.6. The lowest BCUT2D eigenvalue weighted by atomic mass is 10.2. The van der Waals surface area contributed by atoms with Crippen LogP contribution < -0.4 is 5.32 Å². The summed E-state index contributed by atoms with van der Waals surface area (Å²) in [6.07, 6.45) is 8.16. The standard InChI is InChI=1S/C17H31N3/c1-4-7-12-20(13-8-5-2)15-16-9-11-19-17(14-16)18-10-6-3/h9,11,14H,4-8,10,12-13,15H2,1-3H3,(H,18,19). The van der Waals surface area contributed by atoms with Crippen LogP contribution in [0.5, 0.6) is 0 Å². The van der Waals surface area contributed by atoms with Crippen LogP contribution in [0.1, 0.15) is 58.4 Å². The van der Waals surface area contributed by atoms with Gasteiger partial charge in [0, 0.05) is 19.3 Å². The van der Waals surface area contributed by atoms with E-state index in [1.807, 2.05) is 6.20 Å². The van der Waals surface area contributed by atoms with Gasteiger partial charge < -0.3 is 5.32 Å². The minimum Gasteiger partial charge on any atom is -0.370 e. The molecule has 0 amide bonds. The van der Waals surface area contributed by atoms with Gasteiger partial charge in [-0.15, -0.1) is 0 Å². The van der Waals surface area contributed by atoms with Crippen LogP contribution in [-0.2, 0) is 6.54 Å². The molecule has 0 atom stereocenters. The van der Waals surface area contributed by atoms with Gasteiger partial charge in [0.05, 0.1) is 0 Å². The number of nitrogens with zero attached hydrogens (tertiary/aromatic N) is 2. The molecule has 0 radical (unpaired) electrons. The van der Waals surface area contributed by atoms with Gasteiger partial charge in [-0.1, -0.05) is 33.6 Å². The Morgan fingerprint density at radius 1 is 1.05 bits per heavy atom. The lowest BCUT2D eigenvalue weighted by Gasteiger charge is -2.22. The van der Waals surface area contributed by atoms with Crippen molar-refractivity contribution in [2.75, 3.05) is 25.0 Å². The molecule has 0 saturated heterocycles. The Hall–Kier alpha value is -1.09. The Bertz CT molecular complexity index is 344. The Morgan fingerprint density at radius 2 is 1.75 bits per heavy atom. The third-order valence-electron chi connectivity index (χ3n) is 3.44. The maximum Gasteiger partial charge on any atom is 0.126 e. The van der Waals surface area contributed by atoms with Crippen LogP contribution in [-0.4, -0.2) is 29.5 Å². The topological polar surface area (TPSA) is 28.2 Å². The van der Waals surface area contributed by atoms with Gasteiger partial charge in [-0.05, 0) is 50.0 Å². The third kappa shape index (κ3) is 6.90. The zero-order valence-electron chi connectivity index (χ0n) is 13.5. The van der Waals surface area contributed by atoms with E-state index in [0.29, 0.717) is 0 Å². The second kappa shape index (κ2) is 10.7. The van der Waals surface area contributed by atoms with Crippen LogP contribution in [0.4, 0.5) is 5.82 Å². The number of hydrogen-bond acceptors (Lipinski definition) is 3. The Morgan fingerprint density at radius 3 is 2.35 bits per heavy atom. The van der Waals surface area contributed by atoms with Crippen molar-refractivity contribution < 1.29 is 0 Å². The molecule has 0 fully saturated rings. The average molecular weight is 277 g/mol. The highest BCUT2D eigenvalue weighted by Gasteiger charge is 2.06. The number of hydrogen-bond donors (Lipinski definition) is 1. The number of unbranched alkanes of at least 4 members (excludes halogenated alkanes) is 2. The summed E-state index contributed by atoms with van der Waals surface area (Å²) in [5.41, 5.74) is 1.37. The second-order valence-corrected chi connectivity index (χ2v) is 5.46. The van der Waals surface area contributed by atoms with E-state index < -0.39 is 0 Å². The molecule has 3 heteroatoms. The number of anilines is 1. The lowest BCUT2D eigenvalue weighted by Crippen LogP contribution is -2.25. The molecule has 1 aromatic heterocycles. The summed E-state index contributed by atoms with van der Waals surface area (Å²) >= 11 is 0. The monoisotopic (exact) mass is 277 g/mol. The molecule has 0 bridgehead atoms. The molecule has 3 nitrogen and oxygen atoms in total. The second-order valence-electron chi connectivity index (χ2n) is 5.46. The number of aromatic nitrogens is 1. The van der Waals surface area contributed by atoms with Gasteiger partial charge in [-0.2, -0.15) is 0 Å². The fourth-order valence-corrected chi connectivity index (χ4v) is 2.21. The van der Waals surface area contributed by atoms with E-state index in [0.717, 1.165) is 25.3 Å². The van der Waals surface area contributed by atoms with Crippen LogP contribution in [0.3, 0.4) is 0 Å². The molecule has 0 aliphatic heterocycles. The third-order valence-corrected chi connectivity index (χ3v) is 3.44. The quantitative estimate of drug-likeness (QED) is 0.653. The largest absolute Gasteiger partial charge is 0.370 e. The van der Waals surface area contributed by atoms with Crippen LogP contribution in [0.2, 0.25) is 0 Å². The summed E-state index contributed by atoms with van der Waals surface area (Å²) < 4.78 is 0. The van der Waals surface area contributed by atoms with E-state index in [2.05, 4.69) is 48.1 Å². The van der Waals surface area contributed by atoms with Crippen molar-refractivity contribution in [1.82, 2.24) is 9.88 Å². The van der Waals surface area contributed by atoms with E-state index in [1.54, 1.807) is 0 Å². The molecule has 0 aromatic carbocycles. The predicted octanol–water partition coefficient (Wildman–Crippen LogP) is 4.31. The highest BCUT2D eigenvalue weighted by atomic mass is 15.1. The van der Waals surface area contributed by atoms with E-state index >= 15 is 0 Å². The van der Waals surface area contributed by atoms with E-state index in [9.17, 15) is 0 Å². The number of pyridine rings is 1. The summed E-state index contributed by atoms with van der Waals surface area (Å²) in [6, 6.07) is 4.34. The van der Waals surface area contributed by atoms with Crippen molar-refractivity contribution >= 4 is 5.82 Å². The Kier molecular flexibility index (Phi) is 9.05. The summed E-state index contributed by atoms with van der Waals surface area (Å²) in [5, 5.41) is 3.36. The average Bonchev–Trinajstić information content (AvgIpc) is 2.48. The molecule has 0 aliphatic rings. The van der Waals surface area contributed by atoms with Gasteiger partial charge in [-0.25, -0.2) is 4.98 Å². The summed E-state index contributed by atoms with van der Waals surface area (Å²) in [5.74, 6) is 1.01. The molecule has 1 aromatic rings. The minimum atomic E-state index is 0.992. The van der Waals surface area contributed by atoms with Gasteiger partial charge in [-0.3, -0.25) is 4.90 Å². The normalized spacial score (nSPS) is 11.0. The molecule has 0 aliphatic carbocycles. The van der Waals surface area contributed by atoms with Crippen molar-refractivity contribution in [2.24, 2.45) is 0 Å². The van der Waals surface area contributed by atoms with Gasteiger partial charge >= 0.3 is 0 Å². The summed E-state index contributed by atoms with van der Waals surface area (Å²) in [4.78, 5) is 6.95. The van der Waals surface area contributed by atoms with Crippen molar-refractivity contribution in [3.05, 3.63) is 23.9 Å². The number of rotatable bonds is 11. The maximum absolute atomic E-state index is 4.38. The molecule has 0 spiro atoms.